The molecule has 0 bridgehead atoms. The molecule has 0 radical (unpaired) electrons. The van der Waals surface area contributed by atoms with Crippen LogP contribution < -0.4 is 0 Å². The maximum absolute atomic E-state index is 12.5. The van der Waals surface area contributed by atoms with Crippen LogP contribution >= 0.6 is 0 Å². The largest absolute Gasteiger partial charge is 0.465 e. The van der Waals surface area contributed by atoms with Gasteiger partial charge >= 0.3 is 5.97 Å². The van der Waals surface area contributed by atoms with Gasteiger partial charge in [-0.05, 0) is 32.6 Å². The van der Waals surface area contributed by atoms with Gasteiger partial charge in [0.2, 0.25) is 0 Å². The normalized spacial score (nSPS) is 21.2. The first-order valence-corrected chi connectivity index (χ1v) is 7.88. The molecular formula is C15H23N3O2. The van der Waals surface area contributed by atoms with Crippen LogP contribution in [0, 0.1) is 0 Å². The maximum atomic E-state index is 12.5. The summed E-state index contributed by atoms with van der Waals surface area (Å²) < 4.78 is 7.56. The SMILES string of the molecule is CCOC(=O)C1(c2nnc3n2CCCCC3)CCCC1. The molecule has 5 heteroatoms. The number of carbonyl (C=O) groups is 1. The molecule has 1 aromatic heterocycles. The zero-order chi connectivity index (χ0) is 14.0. The van der Waals surface area contributed by atoms with Crippen molar-refractivity contribution in [1.82, 2.24) is 14.8 Å². The van der Waals surface area contributed by atoms with Crippen LogP contribution in [0.5, 0.6) is 0 Å². The van der Waals surface area contributed by atoms with Crippen molar-refractivity contribution in [2.75, 3.05) is 6.61 Å². The smallest absolute Gasteiger partial charge is 0.319 e. The van der Waals surface area contributed by atoms with Gasteiger partial charge in [-0.3, -0.25) is 4.79 Å². The summed E-state index contributed by atoms with van der Waals surface area (Å²) in [6.07, 6.45) is 8.37. The third-order valence-corrected chi connectivity index (χ3v) is 4.66. The summed E-state index contributed by atoms with van der Waals surface area (Å²) in [5.41, 5.74) is -0.536. The molecule has 110 valence electrons. The van der Waals surface area contributed by atoms with E-state index in [-0.39, 0.29) is 5.97 Å². The molecule has 0 N–H and O–H groups in total. The molecule has 1 saturated carbocycles. The number of hydrogen-bond donors (Lipinski definition) is 0. The first-order chi connectivity index (χ1) is 9.78. The highest BCUT2D eigenvalue weighted by Crippen LogP contribution is 2.42. The van der Waals surface area contributed by atoms with Gasteiger partial charge < -0.3 is 9.30 Å². The lowest BCUT2D eigenvalue weighted by atomic mass is 9.85. The Hall–Kier alpha value is -1.39. The minimum absolute atomic E-state index is 0.100. The quantitative estimate of drug-likeness (QED) is 0.796. The second kappa shape index (κ2) is 5.54. The van der Waals surface area contributed by atoms with Gasteiger partial charge in [-0.25, -0.2) is 0 Å². The second-order valence-electron chi connectivity index (χ2n) is 5.91. The van der Waals surface area contributed by atoms with Crippen LogP contribution in [0.3, 0.4) is 0 Å². The Kier molecular flexibility index (Phi) is 3.76. The van der Waals surface area contributed by atoms with Crippen LogP contribution in [0.4, 0.5) is 0 Å². The summed E-state index contributed by atoms with van der Waals surface area (Å²) >= 11 is 0. The van der Waals surface area contributed by atoms with Crippen LogP contribution in [0.2, 0.25) is 0 Å². The van der Waals surface area contributed by atoms with E-state index >= 15 is 0 Å². The predicted octanol–water partition coefficient (Wildman–Crippen LogP) is 2.38. The minimum Gasteiger partial charge on any atom is -0.465 e. The average molecular weight is 277 g/mol. The summed E-state index contributed by atoms with van der Waals surface area (Å²) in [4.78, 5) is 12.5. The first kappa shape index (κ1) is 13.6. The van der Waals surface area contributed by atoms with E-state index in [1.165, 1.54) is 12.8 Å². The van der Waals surface area contributed by atoms with Crippen LogP contribution in [0.25, 0.3) is 0 Å². The van der Waals surface area contributed by atoms with Crippen molar-refractivity contribution in [3.63, 3.8) is 0 Å². The zero-order valence-corrected chi connectivity index (χ0v) is 12.2. The highest BCUT2D eigenvalue weighted by molar-refractivity contribution is 5.82. The van der Waals surface area contributed by atoms with Crippen molar-refractivity contribution in [3.8, 4) is 0 Å². The molecule has 5 nitrogen and oxygen atoms in total. The molecule has 1 fully saturated rings. The number of esters is 1. The number of hydrogen-bond acceptors (Lipinski definition) is 4. The van der Waals surface area contributed by atoms with E-state index in [0.29, 0.717) is 6.61 Å². The molecule has 2 heterocycles. The summed E-state index contributed by atoms with van der Waals surface area (Å²) in [7, 11) is 0. The molecule has 1 aromatic rings. The molecule has 1 aliphatic carbocycles. The Balaban J connectivity index is 2.00. The summed E-state index contributed by atoms with van der Waals surface area (Å²) in [5, 5.41) is 8.76. The van der Waals surface area contributed by atoms with Crippen molar-refractivity contribution < 1.29 is 9.53 Å². The first-order valence-electron chi connectivity index (χ1n) is 7.88. The Morgan fingerprint density at radius 3 is 2.75 bits per heavy atom. The number of rotatable bonds is 3. The Bertz CT molecular complexity index is 489. The summed E-state index contributed by atoms with van der Waals surface area (Å²) in [6.45, 7) is 3.24. The second-order valence-corrected chi connectivity index (χ2v) is 5.91. The lowest BCUT2D eigenvalue weighted by molar-refractivity contribution is -0.150. The van der Waals surface area contributed by atoms with Gasteiger partial charge in [0.05, 0.1) is 6.61 Å². The molecule has 0 atom stereocenters. The number of aromatic nitrogens is 3. The molecule has 0 amide bonds. The average Bonchev–Trinajstić information content (AvgIpc) is 3.02. The van der Waals surface area contributed by atoms with Crippen LogP contribution in [0.15, 0.2) is 0 Å². The Labute approximate surface area is 119 Å². The lowest BCUT2D eigenvalue weighted by Crippen LogP contribution is -2.38. The molecular weight excluding hydrogens is 254 g/mol. The van der Waals surface area contributed by atoms with Gasteiger partial charge in [0.1, 0.15) is 11.2 Å². The lowest BCUT2D eigenvalue weighted by Gasteiger charge is -2.26. The highest BCUT2D eigenvalue weighted by Gasteiger charge is 2.48. The fourth-order valence-electron chi connectivity index (χ4n) is 3.61. The van der Waals surface area contributed by atoms with E-state index in [2.05, 4.69) is 14.8 Å². The Morgan fingerprint density at radius 2 is 2.00 bits per heavy atom. The predicted molar refractivity (Wildman–Crippen MR) is 74.4 cm³/mol. The standard InChI is InChI=1S/C15H23N3O2/c1-2-20-14(19)15(9-5-6-10-15)13-17-16-12-8-4-3-7-11-18(12)13/h2-11H2,1H3. The van der Waals surface area contributed by atoms with E-state index in [1.54, 1.807) is 0 Å². The van der Waals surface area contributed by atoms with Crippen LogP contribution in [-0.2, 0) is 27.9 Å². The fraction of sp³-hybridized carbons (Fsp3) is 0.800. The third kappa shape index (κ3) is 2.13. The van der Waals surface area contributed by atoms with Gasteiger partial charge in [-0.2, -0.15) is 0 Å². The molecule has 20 heavy (non-hydrogen) atoms. The van der Waals surface area contributed by atoms with E-state index in [0.717, 1.165) is 56.7 Å². The van der Waals surface area contributed by atoms with E-state index < -0.39 is 5.41 Å². The van der Waals surface area contributed by atoms with Crippen molar-refractivity contribution in [2.45, 2.75) is 70.3 Å². The molecule has 0 aromatic carbocycles. The molecule has 0 unspecified atom stereocenters. The zero-order valence-electron chi connectivity index (χ0n) is 12.2. The number of ether oxygens (including phenoxy) is 1. The van der Waals surface area contributed by atoms with Gasteiger partial charge in [0.15, 0.2) is 5.82 Å². The molecule has 1 aliphatic heterocycles. The maximum Gasteiger partial charge on any atom is 0.319 e. The molecule has 0 saturated heterocycles. The van der Waals surface area contributed by atoms with E-state index in [9.17, 15) is 4.79 Å². The van der Waals surface area contributed by atoms with Crippen molar-refractivity contribution in [1.29, 1.82) is 0 Å². The monoisotopic (exact) mass is 277 g/mol. The summed E-state index contributed by atoms with van der Waals surface area (Å²) in [6, 6.07) is 0. The number of carbonyl (C=O) groups excluding carboxylic acids is 1. The number of fused-ring (bicyclic) bond motifs is 1. The van der Waals surface area contributed by atoms with E-state index in [4.69, 9.17) is 4.74 Å². The van der Waals surface area contributed by atoms with Crippen LogP contribution in [-0.4, -0.2) is 27.3 Å². The molecule has 0 spiro atoms. The van der Waals surface area contributed by atoms with E-state index in [1.807, 2.05) is 6.92 Å². The Morgan fingerprint density at radius 1 is 1.20 bits per heavy atom. The third-order valence-electron chi connectivity index (χ3n) is 4.66. The van der Waals surface area contributed by atoms with Crippen molar-refractivity contribution >= 4 is 5.97 Å². The van der Waals surface area contributed by atoms with Gasteiger partial charge in [-0.15, -0.1) is 10.2 Å². The minimum atomic E-state index is -0.536. The highest BCUT2D eigenvalue weighted by atomic mass is 16.5. The van der Waals surface area contributed by atoms with Gasteiger partial charge in [-0.1, -0.05) is 19.3 Å². The number of nitrogens with zero attached hydrogens (tertiary/aromatic N) is 3. The topological polar surface area (TPSA) is 57.0 Å². The van der Waals surface area contributed by atoms with Gasteiger partial charge in [0, 0.05) is 13.0 Å². The fourth-order valence-corrected chi connectivity index (χ4v) is 3.61. The van der Waals surface area contributed by atoms with Gasteiger partial charge in [0.25, 0.3) is 0 Å². The summed E-state index contributed by atoms with van der Waals surface area (Å²) in [5.74, 6) is 1.82. The number of aryl methyl sites for hydroxylation is 1. The van der Waals surface area contributed by atoms with Crippen LogP contribution in [0.1, 0.15) is 63.5 Å². The van der Waals surface area contributed by atoms with Crippen molar-refractivity contribution in [3.05, 3.63) is 11.6 Å². The molecule has 2 aliphatic rings. The van der Waals surface area contributed by atoms with Crippen molar-refractivity contribution in [2.24, 2.45) is 0 Å². The molecule has 3 rings (SSSR count).